The molecule has 2 aromatic rings. The van der Waals surface area contributed by atoms with Crippen molar-refractivity contribution in [2.45, 2.75) is 52.2 Å². The Kier molecular flexibility index (Phi) is 6.67. The van der Waals surface area contributed by atoms with Crippen LogP contribution in [-0.2, 0) is 9.53 Å². The van der Waals surface area contributed by atoms with E-state index in [1.165, 1.54) is 5.56 Å². The van der Waals surface area contributed by atoms with E-state index in [2.05, 4.69) is 36.5 Å². The summed E-state index contributed by atoms with van der Waals surface area (Å²) in [5.41, 5.74) is 2.89. The molecular weight excluding hydrogens is 326 g/mol. The van der Waals surface area contributed by atoms with Gasteiger partial charge in [0, 0.05) is 12.1 Å². The number of hydrogen-bond donors (Lipinski definition) is 1. The number of nitrogens with one attached hydrogen (secondary N) is 1. The van der Waals surface area contributed by atoms with Crippen molar-refractivity contribution in [2.75, 3.05) is 12.4 Å². The fraction of sp³-hybridized carbons (Fsp3) is 0.409. The molecule has 0 aliphatic heterocycles. The molecule has 0 fully saturated rings. The molecule has 0 amide bonds. The summed E-state index contributed by atoms with van der Waals surface area (Å²) in [5, 5.41) is 3.52. The first-order valence-electron chi connectivity index (χ1n) is 8.96. The number of rotatable bonds is 7. The molecule has 1 N–H and O–H groups in total. The second-order valence-electron chi connectivity index (χ2n) is 7.46. The maximum absolute atomic E-state index is 12.1. The molecule has 0 saturated carbocycles. The monoisotopic (exact) mass is 355 g/mol. The topological polar surface area (TPSA) is 47.6 Å². The number of aryl methyl sites for hydroxylation is 1. The molecule has 0 aliphatic rings. The van der Waals surface area contributed by atoms with Crippen molar-refractivity contribution in [1.29, 1.82) is 0 Å². The maximum Gasteiger partial charge on any atom is 0.306 e. The Morgan fingerprint density at radius 2 is 1.65 bits per heavy atom. The molecule has 4 heteroatoms. The van der Waals surface area contributed by atoms with Crippen LogP contribution in [0.15, 0.2) is 48.5 Å². The third-order valence-corrected chi connectivity index (χ3v) is 3.97. The number of ether oxygens (including phenoxy) is 2. The van der Waals surface area contributed by atoms with E-state index >= 15 is 0 Å². The minimum atomic E-state index is -0.458. The molecule has 2 rings (SSSR count). The van der Waals surface area contributed by atoms with Crippen molar-refractivity contribution in [3.8, 4) is 5.75 Å². The Morgan fingerprint density at radius 1 is 1.04 bits per heavy atom. The molecule has 140 valence electrons. The van der Waals surface area contributed by atoms with E-state index in [1.807, 2.05) is 45.0 Å². The van der Waals surface area contributed by atoms with E-state index in [-0.39, 0.29) is 12.0 Å². The average Bonchev–Trinajstić information content (AvgIpc) is 2.58. The molecule has 1 unspecified atom stereocenters. The SMILES string of the molecule is COc1ccc(NC(CCC(=O)OC(C)(C)C)c2ccc(C)cc2)cc1. The van der Waals surface area contributed by atoms with E-state index < -0.39 is 5.60 Å². The van der Waals surface area contributed by atoms with Gasteiger partial charge in [-0.15, -0.1) is 0 Å². The Balaban J connectivity index is 2.10. The predicted octanol–water partition coefficient (Wildman–Crippen LogP) is 5.28. The number of carbonyl (C=O) groups is 1. The smallest absolute Gasteiger partial charge is 0.306 e. The third kappa shape index (κ3) is 6.43. The fourth-order valence-electron chi connectivity index (χ4n) is 2.66. The molecule has 0 spiro atoms. The first-order valence-corrected chi connectivity index (χ1v) is 8.96. The van der Waals surface area contributed by atoms with Gasteiger partial charge in [0.25, 0.3) is 0 Å². The summed E-state index contributed by atoms with van der Waals surface area (Å²) < 4.78 is 10.6. The average molecular weight is 355 g/mol. The summed E-state index contributed by atoms with van der Waals surface area (Å²) in [4.78, 5) is 12.1. The lowest BCUT2D eigenvalue weighted by atomic mass is 10.00. The van der Waals surface area contributed by atoms with Gasteiger partial charge in [-0.2, -0.15) is 0 Å². The van der Waals surface area contributed by atoms with Crippen molar-refractivity contribution in [3.63, 3.8) is 0 Å². The number of anilines is 1. The zero-order valence-corrected chi connectivity index (χ0v) is 16.3. The van der Waals surface area contributed by atoms with Crippen LogP contribution >= 0.6 is 0 Å². The van der Waals surface area contributed by atoms with Crippen LogP contribution in [0, 0.1) is 6.92 Å². The second kappa shape index (κ2) is 8.75. The number of benzene rings is 2. The number of methoxy groups -OCH3 is 1. The van der Waals surface area contributed by atoms with Gasteiger partial charge in [0.15, 0.2) is 0 Å². The zero-order chi connectivity index (χ0) is 19.2. The lowest BCUT2D eigenvalue weighted by Crippen LogP contribution is -2.24. The highest BCUT2D eigenvalue weighted by Crippen LogP contribution is 2.26. The number of carbonyl (C=O) groups excluding carboxylic acids is 1. The largest absolute Gasteiger partial charge is 0.497 e. The van der Waals surface area contributed by atoms with E-state index in [0.717, 1.165) is 17.0 Å². The number of hydrogen-bond acceptors (Lipinski definition) is 4. The molecule has 2 aromatic carbocycles. The Hall–Kier alpha value is -2.49. The molecule has 1 atom stereocenters. The molecule has 0 aliphatic carbocycles. The van der Waals surface area contributed by atoms with Gasteiger partial charge < -0.3 is 14.8 Å². The lowest BCUT2D eigenvalue weighted by molar-refractivity contribution is -0.154. The molecular formula is C22H29NO3. The van der Waals surface area contributed by atoms with Crippen molar-refractivity contribution in [2.24, 2.45) is 0 Å². The summed E-state index contributed by atoms with van der Waals surface area (Å²) in [7, 11) is 1.65. The highest BCUT2D eigenvalue weighted by Gasteiger charge is 2.19. The van der Waals surface area contributed by atoms with Gasteiger partial charge in [0.1, 0.15) is 11.4 Å². The molecule has 0 bridgehead atoms. The van der Waals surface area contributed by atoms with Crippen molar-refractivity contribution >= 4 is 11.7 Å². The van der Waals surface area contributed by atoms with Crippen LogP contribution in [-0.4, -0.2) is 18.7 Å². The van der Waals surface area contributed by atoms with Gasteiger partial charge in [-0.1, -0.05) is 29.8 Å². The molecule has 0 saturated heterocycles. The van der Waals surface area contributed by atoms with Gasteiger partial charge in [0.2, 0.25) is 0 Å². The fourth-order valence-corrected chi connectivity index (χ4v) is 2.66. The minimum Gasteiger partial charge on any atom is -0.497 e. The summed E-state index contributed by atoms with van der Waals surface area (Å²) in [6, 6.07) is 16.2. The summed E-state index contributed by atoms with van der Waals surface area (Å²) in [5.74, 6) is 0.641. The van der Waals surface area contributed by atoms with Crippen LogP contribution < -0.4 is 10.1 Å². The van der Waals surface area contributed by atoms with Gasteiger partial charge >= 0.3 is 5.97 Å². The Morgan fingerprint density at radius 3 is 2.19 bits per heavy atom. The van der Waals surface area contributed by atoms with Crippen LogP contribution in [0.25, 0.3) is 0 Å². The highest BCUT2D eigenvalue weighted by atomic mass is 16.6. The number of esters is 1. The van der Waals surface area contributed by atoms with E-state index in [0.29, 0.717) is 12.8 Å². The standard InChI is InChI=1S/C22H29NO3/c1-16-6-8-17(9-7-16)20(14-15-21(24)26-22(2,3)4)23-18-10-12-19(25-5)13-11-18/h6-13,20,23H,14-15H2,1-5H3. The zero-order valence-electron chi connectivity index (χ0n) is 16.3. The summed E-state index contributed by atoms with van der Waals surface area (Å²) >= 11 is 0. The van der Waals surface area contributed by atoms with Crippen molar-refractivity contribution in [1.82, 2.24) is 0 Å². The maximum atomic E-state index is 12.1. The van der Waals surface area contributed by atoms with Crippen LogP contribution in [0.1, 0.15) is 50.8 Å². The van der Waals surface area contributed by atoms with Crippen molar-refractivity contribution < 1.29 is 14.3 Å². The quantitative estimate of drug-likeness (QED) is 0.687. The van der Waals surface area contributed by atoms with Gasteiger partial charge in [-0.25, -0.2) is 0 Å². The molecule has 0 heterocycles. The normalized spacial score (nSPS) is 12.3. The third-order valence-electron chi connectivity index (χ3n) is 3.97. The molecule has 0 radical (unpaired) electrons. The van der Waals surface area contributed by atoms with Gasteiger partial charge in [0.05, 0.1) is 13.2 Å². The summed E-state index contributed by atoms with van der Waals surface area (Å²) in [6.45, 7) is 7.73. The van der Waals surface area contributed by atoms with Crippen LogP contribution in [0.4, 0.5) is 5.69 Å². The minimum absolute atomic E-state index is 0.0245. The lowest BCUT2D eigenvalue weighted by Gasteiger charge is -2.23. The highest BCUT2D eigenvalue weighted by molar-refractivity contribution is 5.70. The Bertz CT molecular complexity index is 700. The second-order valence-corrected chi connectivity index (χ2v) is 7.46. The predicted molar refractivity (Wildman–Crippen MR) is 106 cm³/mol. The Labute approximate surface area is 156 Å². The van der Waals surface area contributed by atoms with E-state index in [4.69, 9.17) is 9.47 Å². The van der Waals surface area contributed by atoms with Crippen LogP contribution in [0.3, 0.4) is 0 Å². The van der Waals surface area contributed by atoms with Crippen LogP contribution in [0.5, 0.6) is 5.75 Å². The first kappa shape index (κ1) is 19.8. The van der Waals surface area contributed by atoms with Crippen LogP contribution in [0.2, 0.25) is 0 Å². The van der Waals surface area contributed by atoms with E-state index in [1.54, 1.807) is 7.11 Å². The summed E-state index contributed by atoms with van der Waals surface area (Å²) in [6.07, 6.45) is 1.02. The molecule has 4 nitrogen and oxygen atoms in total. The van der Waals surface area contributed by atoms with Gasteiger partial charge in [-0.05, 0) is 63.9 Å². The van der Waals surface area contributed by atoms with Gasteiger partial charge in [-0.3, -0.25) is 4.79 Å². The van der Waals surface area contributed by atoms with Crippen molar-refractivity contribution in [3.05, 3.63) is 59.7 Å². The molecule has 0 aromatic heterocycles. The molecule has 26 heavy (non-hydrogen) atoms. The van der Waals surface area contributed by atoms with E-state index in [9.17, 15) is 4.79 Å². The first-order chi connectivity index (χ1) is 12.3.